The molecule has 4 nitrogen and oxygen atoms in total. The van der Waals surface area contributed by atoms with Gasteiger partial charge in [-0.25, -0.2) is 0 Å². The minimum absolute atomic E-state index is 0.229. The second-order valence-electron chi connectivity index (χ2n) is 4.92. The summed E-state index contributed by atoms with van der Waals surface area (Å²) in [5, 5.41) is 9.36. The number of rotatable bonds is 4. The number of alkyl halides is 3. The van der Waals surface area contributed by atoms with E-state index in [1.165, 1.54) is 0 Å². The van der Waals surface area contributed by atoms with Crippen LogP contribution in [0.5, 0.6) is 0 Å². The Bertz CT molecular complexity index is 735. The fourth-order valence-electron chi connectivity index (χ4n) is 1.84. The van der Waals surface area contributed by atoms with Crippen molar-refractivity contribution < 1.29 is 4.79 Å². The SMILES string of the molecule is O=C(N[C@H](NC(=S)Nc1ccc(Br)cc1)C(Br)(Br)Br)c1ccccc1. The number of nitrogens with one attached hydrogen (secondary N) is 3. The molecule has 0 fully saturated rings. The maximum absolute atomic E-state index is 12.4. The highest BCUT2D eigenvalue weighted by Crippen LogP contribution is 2.36. The van der Waals surface area contributed by atoms with E-state index in [1.807, 2.05) is 30.3 Å². The standard InChI is InChI=1S/C16H13Br4N3OS/c17-11-6-8-12(9-7-11)21-15(25)23-14(16(18,19)20)22-13(24)10-4-2-1-3-5-10/h1-9,14H,(H,22,24)(H2,21,23,25)/t14-/m1/s1. The summed E-state index contributed by atoms with van der Waals surface area (Å²) in [7, 11) is 0. The Hall–Kier alpha value is -0.480. The van der Waals surface area contributed by atoms with Gasteiger partial charge in [0.05, 0.1) is 0 Å². The molecule has 25 heavy (non-hydrogen) atoms. The van der Waals surface area contributed by atoms with Crippen LogP contribution >= 0.6 is 75.9 Å². The van der Waals surface area contributed by atoms with Crippen LogP contribution in [0.4, 0.5) is 5.69 Å². The molecule has 0 unspecified atom stereocenters. The minimum atomic E-state index is -0.789. The zero-order valence-electron chi connectivity index (χ0n) is 12.6. The Morgan fingerprint density at radius 1 is 0.960 bits per heavy atom. The summed E-state index contributed by atoms with van der Waals surface area (Å²) in [5.74, 6) is -0.229. The van der Waals surface area contributed by atoms with E-state index in [1.54, 1.807) is 24.3 Å². The highest BCUT2D eigenvalue weighted by atomic mass is 80.0. The minimum Gasteiger partial charge on any atom is -0.340 e. The van der Waals surface area contributed by atoms with E-state index < -0.39 is 8.31 Å². The highest BCUT2D eigenvalue weighted by Gasteiger charge is 2.33. The van der Waals surface area contributed by atoms with Gasteiger partial charge in [0.1, 0.15) is 6.17 Å². The average Bonchev–Trinajstić information content (AvgIpc) is 2.56. The number of hydrogen-bond acceptors (Lipinski definition) is 2. The van der Waals surface area contributed by atoms with E-state index in [0.29, 0.717) is 10.7 Å². The van der Waals surface area contributed by atoms with Gasteiger partial charge >= 0.3 is 0 Å². The monoisotopic (exact) mass is 611 g/mol. The summed E-state index contributed by atoms with van der Waals surface area (Å²) in [6, 6.07) is 16.5. The van der Waals surface area contributed by atoms with Crippen molar-refractivity contribution >= 4 is 92.6 Å². The predicted molar refractivity (Wildman–Crippen MR) is 121 cm³/mol. The molecule has 0 saturated carbocycles. The molecule has 0 radical (unpaired) electrons. The summed E-state index contributed by atoms with van der Waals surface area (Å²) in [4.78, 5) is 12.4. The van der Waals surface area contributed by atoms with Gasteiger partial charge in [0.15, 0.2) is 7.26 Å². The third kappa shape index (κ3) is 6.97. The maximum atomic E-state index is 12.4. The second-order valence-corrected chi connectivity index (χ2v) is 13.2. The smallest absolute Gasteiger partial charge is 0.252 e. The number of anilines is 1. The Labute approximate surface area is 185 Å². The maximum Gasteiger partial charge on any atom is 0.252 e. The summed E-state index contributed by atoms with van der Waals surface area (Å²) in [6.07, 6.45) is -0.573. The van der Waals surface area contributed by atoms with Crippen molar-refractivity contribution in [3.8, 4) is 0 Å². The summed E-state index contributed by atoms with van der Waals surface area (Å²) >= 11 is 19.0. The number of benzene rings is 2. The lowest BCUT2D eigenvalue weighted by atomic mass is 10.2. The van der Waals surface area contributed by atoms with Crippen LogP contribution in [0.25, 0.3) is 0 Å². The van der Waals surface area contributed by atoms with Crippen molar-refractivity contribution in [2.24, 2.45) is 0 Å². The van der Waals surface area contributed by atoms with Gasteiger partial charge < -0.3 is 16.0 Å². The molecule has 0 heterocycles. The van der Waals surface area contributed by atoms with Crippen LogP contribution in [0.2, 0.25) is 0 Å². The van der Waals surface area contributed by atoms with Crippen molar-refractivity contribution in [3.63, 3.8) is 0 Å². The molecule has 0 aromatic heterocycles. The second kappa shape index (κ2) is 9.45. The average molecular weight is 615 g/mol. The third-order valence-corrected chi connectivity index (χ3v) is 5.14. The number of thiocarbonyl (C=S) groups is 1. The van der Waals surface area contributed by atoms with Crippen molar-refractivity contribution in [1.82, 2.24) is 10.6 Å². The molecule has 0 saturated heterocycles. The summed E-state index contributed by atoms with van der Waals surface area (Å²) < 4.78 is 0.188. The molecule has 132 valence electrons. The molecule has 0 aliphatic heterocycles. The number of halogens is 4. The van der Waals surface area contributed by atoms with Gasteiger partial charge in [0.2, 0.25) is 0 Å². The fourth-order valence-corrected chi connectivity index (χ4v) is 3.02. The molecule has 2 aromatic rings. The molecule has 0 aliphatic rings. The van der Waals surface area contributed by atoms with Crippen LogP contribution in [-0.4, -0.2) is 19.3 Å². The Kier molecular flexibility index (Phi) is 7.88. The van der Waals surface area contributed by atoms with E-state index in [-0.39, 0.29) is 5.91 Å². The number of carbonyl (C=O) groups excluding carboxylic acids is 1. The van der Waals surface area contributed by atoms with Crippen molar-refractivity contribution in [2.75, 3.05) is 5.32 Å². The van der Waals surface area contributed by atoms with Gasteiger partial charge in [-0.15, -0.1) is 0 Å². The fraction of sp³-hybridized carbons (Fsp3) is 0.125. The van der Waals surface area contributed by atoms with Gasteiger partial charge in [0.25, 0.3) is 5.91 Å². The first-order valence-electron chi connectivity index (χ1n) is 7.01. The first-order chi connectivity index (χ1) is 11.8. The summed E-state index contributed by atoms with van der Waals surface area (Å²) in [6.45, 7) is 0. The molecule has 2 rings (SSSR count). The summed E-state index contributed by atoms with van der Waals surface area (Å²) in [5.41, 5.74) is 1.39. The molecule has 1 atom stereocenters. The Balaban J connectivity index is 2.03. The first-order valence-corrected chi connectivity index (χ1v) is 10.6. The molecular formula is C16H13Br4N3OS. The van der Waals surface area contributed by atoms with Crippen LogP contribution in [0.3, 0.4) is 0 Å². The van der Waals surface area contributed by atoms with Gasteiger partial charge in [0, 0.05) is 15.7 Å². The topological polar surface area (TPSA) is 53.2 Å². The number of hydrogen-bond donors (Lipinski definition) is 3. The van der Waals surface area contributed by atoms with Crippen molar-refractivity contribution in [1.29, 1.82) is 0 Å². The predicted octanol–water partition coefficient (Wildman–Crippen LogP) is 5.33. The van der Waals surface area contributed by atoms with E-state index in [2.05, 4.69) is 79.7 Å². The van der Waals surface area contributed by atoms with Crippen LogP contribution in [0.15, 0.2) is 59.1 Å². The largest absolute Gasteiger partial charge is 0.340 e. The number of carbonyl (C=O) groups is 1. The van der Waals surface area contributed by atoms with E-state index in [9.17, 15) is 4.79 Å². The molecule has 1 amide bonds. The van der Waals surface area contributed by atoms with Crippen LogP contribution in [0.1, 0.15) is 10.4 Å². The van der Waals surface area contributed by atoms with Crippen molar-refractivity contribution in [3.05, 3.63) is 64.6 Å². The highest BCUT2D eigenvalue weighted by molar-refractivity contribution is 9.39. The lowest BCUT2D eigenvalue weighted by Gasteiger charge is -2.28. The van der Waals surface area contributed by atoms with Gasteiger partial charge in [-0.3, -0.25) is 4.79 Å². The van der Waals surface area contributed by atoms with E-state index in [0.717, 1.165) is 10.2 Å². The molecule has 0 bridgehead atoms. The van der Waals surface area contributed by atoms with E-state index >= 15 is 0 Å². The van der Waals surface area contributed by atoms with Crippen molar-refractivity contribution in [2.45, 2.75) is 8.31 Å². The molecule has 3 N–H and O–H groups in total. The van der Waals surface area contributed by atoms with E-state index in [4.69, 9.17) is 12.2 Å². The Morgan fingerprint density at radius 3 is 2.12 bits per heavy atom. The number of amides is 1. The zero-order chi connectivity index (χ0) is 18.4. The van der Waals surface area contributed by atoms with Gasteiger partial charge in [-0.2, -0.15) is 0 Å². The van der Waals surface area contributed by atoms with Crippen LogP contribution in [0, 0.1) is 0 Å². The zero-order valence-corrected chi connectivity index (χ0v) is 19.8. The third-order valence-electron chi connectivity index (χ3n) is 3.02. The lowest BCUT2D eigenvalue weighted by molar-refractivity contribution is 0.0936. The van der Waals surface area contributed by atoms with Gasteiger partial charge in [-0.1, -0.05) is 81.9 Å². The molecule has 0 aliphatic carbocycles. The van der Waals surface area contributed by atoms with Crippen LogP contribution < -0.4 is 16.0 Å². The van der Waals surface area contributed by atoms with Gasteiger partial charge in [-0.05, 0) is 48.6 Å². The molecular weight excluding hydrogens is 602 g/mol. The van der Waals surface area contributed by atoms with Crippen LogP contribution in [-0.2, 0) is 0 Å². The molecule has 2 aromatic carbocycles. The molecule has 0 spiro atoms. The normalized spacial score (nSPS) is 12.2. The quantitative estimate of drug-likeness (QED) is 0.248. The Morgan fingerprint density at radius 2 is 1.56 bits per heavy atom. The molecule has 9 heteroatoms. The first kappa shape index (κ1) is 20.8. The lowest BCUT2D eigenvalue weighted by Crippen LogP contribution is -2.55.